The molecule has 1 aliphatic heterocycles. The van der Waals surface area contributed by atoms with Crippen LogP contribution >= 0.6 is 11.3 Å². The first-order valence-corrected chi connectivity index (χ1v) is 26.8. The number of β-amino-alcohol motifs (C(OH)–C–C–N with tert-alkyl or cyclic N) is 1. The zero-order valence-corrected chi connectivity index (χ0v) is 44.1. The Hall–Kier alpha value is -6.07. The topological polar surface area (TPSA) is 179 Å². The number of ether oxygens (including phenoxy) is 1. The first-order chi connectivity index (χ1) is 35.3. The summed E-state index contributed by atoms with van der Waals surface area (Å²) in [5.74, 6) is -2.29. The normalized spacial score (nSPS) is 18.5. The summed E-state index contributed by atoms with van der Waals surface area (Å²) >= 11 is 1.68. The standard InChI is InChI=1S/C57H73F3N6O7S/c1-37-26-28-74-51(37)42-21-17-39(18-22-42)33-64-54(71)47-32-45(67)36-66(47)55(72)52(56(2,3)4)65-49(68)15-10-8-6-7-9-11-27-61-50(69)30-40-13-12-14-41(29-40)34-63-53(70)46-31-43(48(73-5)35-62-46)23-16-38-19-24-44(25-20-38)57(58,59)60/h12-14,16-18,21-23,26,28-29,31,35,38,44-45,47,52,67H,6-11,15,19-20,24-25,27,30,32-34,36H2,1-5H3,(H,61,69)(H,63,70)(H,64,71)(H,65,68)/b23-16+/t38-,44-,45-,47+,52-/m1/s1. The molecule has 1 aliphatic carbocycles. The van der Waals surface area contributed by atoms with Gasteiger partial charge in [-0.15, -0.1) is 11.3 Å². The molecule has 0 spiro atoms. The fraction of sp³-hybridized carbons (Fsp3) is 0.509. The van der Waals surface area contributed by atoms with E-state index in [0.29, 0.717) is 37.1 Å². The van der Waals surface area contributed by atoms with Gasteiger partial charge in [0, 0.05) is 49.5 Å². The number of likely N-dealkylation sites (tertiary alicyclic amines) is 1. The molecule has 400 valence electrons. The Labute approximate surface area is 437 Å². The molecule has 3 atom stereocenters. The Kier molecular flexibility index (Phi) is 20.8. The quantitative estimate of drug-likeness (QED) is 0.0456. The number of alkyl halides is 3. The van der Waals surface area contributed by atoms with E-state index in [1.807, 2.05) is 75.4 Å². The zero-order chi connectivity index (χ0) is 53.4. The Balaban J connectivity index is 0.845. The van der Waals surface area contributed by atoms with Crippen LogP contribution in [0.2, 0.25) is 0 Å². The minimum atomic E-state index is -4.16. The number of aromatic nitrogens is 1. The van der Waals surface area contributed by atoms with Crippen molar-refractivity contribution in [1.82, 2.24) is 31.2 Å². The number of carbonyl (C=O) groups is 5. The van der Waals surface area contributed by atoms with E-state index in [1.165, 1.54) is 28.6 Å². The lowest BCUT2D eigenvalue weighted by Crippen LogP contribution is -2.57. The summed E-state index contributed by atoms with van der Waals surface area (Å²) in [6, 6.07) is 17.4. The molecule has 0 unspecified atom stereocenters. The number of nitrogens with zero attached hydrogens (tertiary/aromatic N) is 2. The summed E-state index contributed by atoms with van der Waals surface area (Å²) in [6.45, 7) is 8.71. The van der Waals surface area contributed by atoms with Gasteiger partial charge in [0.15, 0.2) is 0 Å². The minimum absolute atomic E-state index is 0.00569. The molecular weight excluding hydrogens is 970 g/mol. The van der Waals surface area contributed by atoms with Crippen LogP contribution in [0.5, 0.6) is 5.75 Å². The number of carbonyl (C=O) groups excluding carboxylic acids is 5. The summed E-state index contributed by atoms with van der Waals surface area (Å²) in [7, 11) is 1.49. The van der Waals surface area contributed by atoms with E-state index in [4.69, 9.17) is 4.74 Å². The second kappa shape index (κ2) is 26.9. The van der Waals surface area contributed by atoms with E-state index >= 15 is 0 Å². The average Bonchev–Trinajstić information content (AvgIpc) is 3.99. The number of thiophene rings is 1. The van der Waals surface area contributed by atoms with Gasteiger partial charge in [-0.05, 0) is 102 Å². The van der Waals surface area contributed by atoms with Crippen molar-refractivity contribution >= 4 is 46.9 Å². The van der Waals surface area contributed by atoms with Gasteiger partial charge in [-0.1, -0.05) is 107 Å². The molecule has 13 nitrogen and oxygen atoms in total. The van der Waals surface area contributed by atoms with Gasteiger partial charge in [-0.2, -0.15) is 13.2 Å². The van der Waals surface area contributed by atoms with E-state index in [-0.39, 0.29) is 87.0 Å². The predicted octanol–water partition coefficient (Wildman–Crippen LogP) is 9.64. The summed E-state index contributed by atoms with van der Waals surface area (Å²) in [5, 5.41) is 24.4. The second-order valence-electron chi connectivity index (χ2n) is 20.8. The monoisotopic (exact) mass is 1040 g/mol. The Morgan fingerprint density at radius 3 is 2.22 bits per heavy atom. The molecule has 17 heteroatoms. The van der Waals surface area contributed by atoms with Crippen LogP contribution in [0.25, 0.3) is 16.5 Å². The molecule has 2 aromatic carbocycles. The highest BCUT2D eigenvalue weighted by atomic mass is 32.1. The van der Waals surface area contributed by atoms with Gasteiger partial charge in [-0.25, -0.2) is 4.98 Å². The van der Waals surface area contributed by atoms with Crippen LogP contribution in [0, 0.1) is 24.2 Å². The lowest BCUT2D eigenvalue weighted by molar-refractivity contribution is -0.183. The molecule has 2 fully saturated rings. The minimum Gasteiger partial charge on any atom is -0.495 e. The van der Waals surface area contributed by atoms with Gasteiger partial charge in [0.05, 0.1) is 31.7 Å². The molecule has 0 radical (unpaired) electrons. The number of aryl methyl sites for hydroxylation is 1. The highest BCUT2D eigenvalue weighted by Gasteiger charge is 2.45. The van der Waals surface area contributed by atoms with Crippen molar-refractivity contribution in [2.24, 2.45) is 17.3 Å². The molecule has 5 N–H and O–H groups in total. The molecule has 2 aromatic heterocycles. The zero-order valence-electron chi connectivity index (χ0n) is 43.3. The fourth-order valence-electron chi connectivity index (χ4n) is 9.58. The number of halogens is 3. The molecule has 1 saturated heterocycles. The SMILES string of the molecule is COc1cnc(C(=O)NCc2cccc(CC(=O)NCCCCCCCCC(=O)N[C@H](C(=O)N3C[C@H](O)C[C@H]3C(=O)NCc3ccc(-c4sccc4C)cc3)C(C)(C)C)c2)cc1/C=C/[C@H]1CC[C@H](C(F)(F)F)CC1. The first-order valence-electron chi connectivity index (χ1n) is 25.9. The maximum absolute atomic E-state index is 14.0. The highest BCUT2D eigenvalue weighted by Crippen LogP contribution is 2.40. The summed E-state index contributed by atoms with van der Waals surface area (Å²) in [5.41, 5.74) is 4.98. The Bertz CT molecular complexity index is 2550. The Morgan fingerprint density at radius 2 is 1.54 bits per heavy atom. The third-order valence-corrected chi connectivity index (χ3v) is 15.0. The van der Waals surface area contributed by atoms with Gasteiger partial charge in [0.25, 0.3) is 5.91 Å². The van der Waals surface area contributed by atoms with Crippen molar-refractivity contribution in [3.05, 3.63) is 112 Å². The van der Waals surface area contributed by atoms with E-state index in [0.717, 1.165) is 54.4 Å². The number of methoxy groups -OCH3 is 1. The molecule has 3 heterocycles. The molecule has 4 aromatic rings. The molecule has 2 aliphatic rings. The van der Waals surface area contributed by atoms with Gasteiger partial charge in [-0.3, -0.25) is 24.0 Å². The molecule has 5 amide bonds. The predicted molar refractivity (Wildman–Crippen MR) is 282 cm³/mol. The number of unbranched alkanes of at least 4 members (excludes halogenated alkanes) is 5. The Morgan fingerprint density at radius 1 is 0.851 bits per heavy atom. The fourth-order valence-corrected chi connectivity index (χ4v) is 10.5. The van der Waals surface area contributed by atoms with Gasteiger partial charge in [0.2, 0.25) is 23.6 Å². The van der Waals surface area contributed by atoms with Crippen molar-refractivity contribution < 1.29 is 47.0 Å². The highest BCUT2D eigenvalue weighted by molar-refractivity contribution is 7.13. The number of rotatable bonds is 23. The molecule has 74 heavy (non-hydrogen) atoms. The maximum atomic E-state index is 14.0. The lowest BCUT2D eigenvalue weighted by Gasteiger charge is -2.35. The summed E-state index contributed by atoms with van der Waals surface area (Å²) in [4.78, 5) is 73.4. The number of benzene rings is 2. The van der Waals surface area contributed by atoms with Crippen molar-refractivity contribution in [3.63, 3.8) is 0 Å². The van der Waals surface area contributed by atoms with Crippen LogP contribution in [-0.2, 0) is 38.7 Å². The third kappa shape index (κ3) is 17.0. The number of hydrogen-bond acceptors (Lipinski definition) is 9. The largest absolute Gasteiger partial charge is 0.495 e. The smallest absolute Gasteiger partial charge is 0.391 e. The number of allylic oxidation sites excluding steroid dienone is 1. The lowest BCUT2D eigenvalue weighted by atomic mass is 9.81. The van der Waals surface area contributed by atoms with Crippen LogP contribution in [0.3, 0.4) is 0 Å². The van der Waals surface area contributed by atoms with Crippen LogP contribution in [0.4, 0.5) is 13.2 Å². The number of nitrogens with one attached hydrogen (secondary N) is 4. The van der Waals surface area contributed by atoms with Crippen LogP contribution < -0.4 is 26.0 Å². The van der Waals surface area contributed by atoms with E-state index in [2.05, 4.69) is 44.6 Å². The van der Waals surface area contributed by atoms with Crippen molar-refractivity contribution in [3.8, 4) is 16.2 Å². The number of hydrogen-bond donors (Lipinski definition) is 5. The maximum Gasteiger partial charge on any atom is 0.391 e. The van der Waals surface area contributed by atoms with Gasteiger partial charge < -0.3 is 36.0 Å². The van der Waals surface area contributed by atoms with Crippen LogP contribution in [-0.4, -0.2) is 89.1 Å². The average molecular weight is 1040 g/mol. The van der Waals surface area contributed by atoms with Crippen molar-refractivity contribution in [1.29, 1.82) is 0 Å². The molecular formula is C57H73F3N6O7S. The molecule has 0 bridgehead atoms. The number of aliphatic hydroxyl groups is 1. The molecule has 6 rings (SSSR count). The summed E-state index contributed by atoms with van der Waals surface area (Å²) < 4.78 is 44.8. The van der Waals surface area contributed by atoms with E-state index in [1.54, 1.807) is 23.5 Å². The van der Waals surface area contributed by atoms with Crippen LogP contribution in [0.15, 0.2) is 78.3 Å². The van der Waals surface area contributed by atoms with Gasteiger partial charge in [0.1, 0.15) is 23.5 Å². The van der Waals surface area contributed by atoms with E-state index in [9.17, 15) is 42.3 Å². The third-order valence-electron chi connectivity index (χ3n) is 13.9. The van der Waals surface area contributed by atoms with Gasteiger partial charge >= 0.3 is 6.18 Å². The number of amides is 5. The second-order valence-corrected chi connectivity index (χ2v) is 21.8. The van der Waals surface area contributed by atoms with Crippen LogP contribution in [0.1, 0.15) is 136 Å². The van der Waals surface area contributed by atoms with Crippen molar-refractivity contribution in [2.75, 3.05) is 20.2 Å². The van der Waals surface area contributed by atoms with Crippen molar-refractivity contribution in [2.45, 2.75) is 149 Å². The molecule has 1 saturated carbocycles. The first kappa shape index (κ1) is 57.2. The number of aliphatic hydroxyl groups excluding tert-OH is 1. The number of pyridine rings is 1. The van der Waals surface area contributed by atoms with E-state index < -0.39 is 41.6 Å². The summed E-state index contributed by atoms with van der Waals surface area (Å²) in [6.07, 6.45) is 6.79.